The molecule has 0 saturated carbocycles. The maximum Gasteiger partial charge on any atom is 0.322 e. The van der Waals surface area contributed by atoms with Crippen molar-refractivity contribution in [2.45, 2.75) is 19.4 Å². The summed E-state index contributed by atoms with van der Waals surface area (Å²) in [6.07, 6.45) is 0.837. The van der Waals surface area contributed by atoms with Crippen molar-refractivity contribution in [2.24, 2.45) is 0 Å². The maximum atomic E-state index is 12.5. The maximum absolute atomic E-state index is 12.5. The van der Waals surface area contributed by atoms with Gasteiger partial charge in [-0.15, -0.1) is 0 Å². The van der Waals surface area contributed by atoms with Gasteiger partial charge in [-0.05, 0) is 36.6 Å². The van der Waals surface area contributed by atoms with Crippen molar-refractivity contribution in [3.63, 3.8) is 0 Å². The van der Waals surface area contributed by atoms with Crippen LogP contribution in [0.2, 0.25) is 0 Å². The van der Waals surface area contributed by atoms with Gasteiger partial charge in [-0.2, -0.15) is 0 Å². The van der Waals surface area contributed by atoms with Gasteiger partial charge in [0.1, 0.15) is 0 Å². The molecule has 0 bridgehead atoms. The molecule has 2 aromatic carbocycles. The van der Waals surface area contributed by atoms with E-state index >= 15 is 0 Å². The number of anilines is 1. The van der Waals surface area contributed by atoms with Crippen LogP contribution >= 0.6 is 0 Å². The number of nitrogens with one attached hydrogen (secondary N) is 1. The lowest BCUT2D eigenvalue weighted by Crippen LogP contribution is -2.47. The molecule has 138 valence electrons. The number of carbonyl (C=O) groups is 1. The first-order chi connectivity index (χ1) is 12.7. The van der Waals surface area contributed by atoms with Crippen LogP contribution in [0, 0.1) is 6.92 Å². The fraction of sp³-hybridized carbons (Fsp3) is 0.381. The van der Waals surface area contributed by atoms with Gasteiger partial charge in [0.15, 0.2) is 0 Å². The molecular weight excluding hydrogens is 328 g/mol. The molecule has 1 N–H and O–H groups in total. The lowest BCUT2D eigenvalue weighted by Gasteiger charge is -2.32. The van der Waals surface area contributed by atoms with Crippen LogP contribution in [0.5, 0.6) is 0 Å². The lowest BCUT2D eigenvalue weighted by molar-refractivity contribution is -0.0260. The topological polar surface area (TPSA) is 50.8 Å². The van der Waals surface area contributed by atoms with Gasteiger partial charge in [0, 0.05) is 32.5 Å². The minimum absolute atomic E-state index is 0.0400. The fourth-order valence-corrected chi connectivity index (χ4v) is 3.10. The highest BCUT2D eigenvalue weighted by Crippen LogP contribution is 2.22. The number of hydrogen-bond donors (Lipinski definition) is 1. The average molecular weight is 354 g/mol. The molecule has 1 fully saturated rings. The third kappa shape index (κ3) is 4.84. The monoisotopic (exact) mass is 354 g/mol. The third-order valence-electron chi connectivity index (χ3n) is 4.56. The number of hydrogen-bond acceptors (Lipinski definition) is 3. The largest absolute Gasteiger partial charge is 0.385 e. The Morgan fingerprint density at radius 2 is 2.04 bits per heavy atom. The van der Waals surface area contributed by atoms with Crippen molar-refractivity contribution in [3.8, 4) is 11.1 Å². The summed E-state index contributed by atoms with van der Waals surface area (Å²) >= 11 is 0. The molecule has 2 aromatic rings. The number of morpholine rings is 1. The second-order valence-electron chi connectivity index (χ2n) is 6.60. The Labute approximate surface area is 154 Å². The van der Waals surface area contributed by atoms with E-state index in [2.05, 4.69) is 36.5 Å². The molecule has 1 unspecified atom stereocenters. The van der Waals surface area contributed by atoms with Crippen molar-refractivity contribution >= 4 is 11.7 Å². The molecule has 0 spiro atoms. The molecule has 1 aliphatic heterocycles. The van der Waals surface area contributed by atoms with E-state index in [1.807, 2.05) is 24.3 Å². The molecule has 1 saturated heterocycles. The quantitative estimate of drug-likeness (QED) is 0.885. The number of ether oxygens (including phenoxy) is 2. The van der Waals surface area contributed by atoms with E-state index in [0.717, 1.165) is 17.7 Å². The van der Waals surface area contributed by atoms with Crippen LogP contribution in [0.1, 0.15) is 12.0 Å². The SMILES string of the molecule is COCCC1CN(C(=O)Nc2ccc(-c3cccc(C)c3)cc2)CCO1. The average Bonchev–Trinajstić information content (AvgIpc) is 2.67. The molecular formula is C21H26N2O3. The number of aryl methyl sites for hydroxylation is 1. The zero-order chi connectivity index (χ0) is 18.4. The van der Waals surface area contributed by atoms with Gasteiger partial charge in [-0.25, -0.2) is 4.79 Å². The Hall–Kier alpha value is -2.37. The van der Waals surface area contributed by atoms with Crippen molar-refractivity contribution in [3.05, 3.63) is 54.1 Å². The number of amides is 2. The number of rotatable bonds is 5. The van der Waals surface area contributed by atoms with E-state index in [0.29, 0.717) is 26.3 Å². The molecule has 0 aromatic heterocycles. The molecule has 1 atom stereocenters. The molecule has 5 heteroatoms. The predicted octanol–water partition coefficient (Wildman–Crippen LogP) is 3.93. The summed E-state index contributed by atoms with van der Waals surface area (Å²) in [5.41, 5.74) is 4.34. The fourth-order valence-electron chi connectivity index (χ4n) is 3.10. The smallest absolute Gasteiger partial charge is 0.322 e. The van der Waals surface area contributed by atoms with E-state index in [1.54, 1.807) is 12.0 Å². The molecule has 2 amide bonds. The van der Waals surface area contributed by atoms with E-state index < -0.39 is 0 Å². The van der Waals surface area contributed by atoms with E-state index in [4.69, 9.17) is 9.47 Å². The Balaban J connectivity index is 1.59. The van der Waals surface area contributed by atoms with Gasteiger partial charge in [0.2, 0.25) is 0 Å². The van der Waals surface area contributed by atoms with Gasteiger partial charge in [0.25, 0.3) is 0 Å². The first-order valence-electron chi connectivity index (χ1n) is 8.99. The molecule has 26 heavy (non-hydrogen) atoms. The Bertz CT molecular complexity index is 730. The minimum Gasteiger partial charge on any atom is -0.385 e. The van der Waals surface area contributed by atoms with Crippen molar-refractivity contribution in [1.29, 1.82) is 0 Å². The molecule has 1 aliphatic rings. The summed E-state index contributed by atoms with van der Waals surface area (Å²) in [4.78, 5) is 14.3. The van der Waals surface area contributed by atoms with Crippen LogP contribution in [0.25, 0.3) is 11.1 Å². The summed E-state index contributed by atoms with van der Waals surface area (Å²) in [5, 5.41) is 2.98. The van der Waals surface area contributed by atoms with E-state index in [1.165, 1.54) is 11.1 Å². The third-order valence-corrected chi connectivity index (χ3v) is 4.56. The highest BCUT2D eigenvalue weighted by molar-refractivity contribution is 5.89. The molecule has 0 aliphatic carbocycles. The highest BCUT2D eigenvalue weighted by Gasteiger charge is 2.24. The highest BCUT2D eigenvalue weighted by atomic mass is 16.5. The van der Waals surface area contributed by atoms with E-state index in [-0.39, 0.29) is 12.1 Å². The summed E-state index contributed by atoms with van der Waals surface area (Å²) in [6.45, 7) is 4.49. The summed E-state index contributed by atoms with van der Waals surface area (Å²) < 4.78 is 10.8. The first-order valence-corrected chi connectivity index (χ1v) is 8.99. The predicted molar refractivity (Wildman–Crippen MR) is 103 cm³/mol. The Morgan fingerprint density at radius 1 is 1.23 bits per heavy atom. The second kappa shape index (κ2) is 8.83. The molecule has 5 nitrogen and oxygen atoms in total. The van der Waals surface area contributed by atoms with Crippen LogP contribution in [0.4, 0.5) is 10.5 Å². The van der Waals surface area contributed by atoms with Crippen LogP contribution in [-0.4, -0.2) is 50.4 Å². The van der Waals surface area contributed by atoms with Gasteiger partial charge < -0.3 is 19.7 Å². The van der Waals surface area contributed by atoms with Crippen LogP contribution in [0.15, 0.2) is 48.5 Å². The lowest BCUT2D eigenvalue weighted by atomic mass is 10.0. The van der Waals surface area contributed by atoms with Crippen molar-refractivity contribution in [1.82, 2.24) is 4.90 Å². The summed E-state index contributed by atoms with van der Waals surface area (Å²) in [5.74, 6) is 0. The van der Waals surface area contributed by atoms with Crippen LogP contribution in [-0.2, 0) is 9.47 Å². The van der Waals surface area contributed by atoms with Crippen molar-refractivity contribution < 1.29 is 14.3 Å². The summed E-state index contributed by atoms with van der Waals surface area (Å²) in [7, 11) is 1.67. The van der Waals surface area contributed by atoms with Gasteiger partial charge in [0.05, 0.1) is 12.7 Å². The molecule has 3 rings (SSSR count). The van der Waals surface area contributed by atoms with Crippen LogP contribution < -0.4 is 5.32 Å². The zero-order valence-electron chi connectivity index (χ0n) is 15.4. The van der Waals surface area contributed by atoms with Gasteiger partial charge in [-0.1, -0.05) is 42.0 Å². The Morgan fingerprint density at radius 3 is 2.77 bits per heavy atom. The van der Waals surface area contributed by atoms with Crippen LogP contribution in [0.3, 0.4) is 0 Å². The number of urea groups is 1. The number of nitrogens with zero attached hydrogens (tertiary/aromatic N) is 1. The van der Waals surface area contributed by atoms with Gasteiger partial charge >= 0.3 is 6.03 Å². The Kier molecular flexibility index (Phi) is 6.26. The normalized spacial score (nSPS) is 17.2. The zero-order valence-corrected chi connectivity index (χ0v) is 15.4. The second-order valence-corrected chi connectivity index (χ2v) is 6.60. The minimum atomic E-state index is -0.0842. The number of benzene rings is 2. The standard InChI is InChI=1S/C21H26N2O3/c1-16-4-3-5-18(14-16)17-6-8-19(9-7-17)22-21(24)23-11-13-26-20(15-23)10-12-25-2/h3-9,14,20H,10-13,15H2,1-2H3,(H,22,24). The first kappa shape index (κ1) is 18.4. The van der Waals surface area contributed by atoms with Gasteiger partial charge in [-0.3, -0.25) is 0 Å². The van der Waals surface area contributed by atoms with Crippen molar-refractivity contribution in [2.75, 3.05) is 38.7 Å². The molecule has 1 heterocycles. The van der Waals surface area contributed by atoms with E-state index in [9.17, 15) is 4.79 Å². The summed E-state index contributed by atoms with van der Waals surface area (Å²) in [6, 6.07) is 16.3. The number of methoxy groups -OCH3 is 1. The molecule has 0 radical (unpaired) electrons. The number of carbonyl (C=O) groups excluding carboxylic acids is 1.